The van der Waals surface area contributed by atoms with E-state index < -0.39 is 0 Å². The molecular weight excluding hydrogens is 232 g/mol. The van der Waals surface area contributed by atoms with Gasteiger partial charge in [0.15, 0.2) is 4.77 Å². The fraction of sp³-hybridized carbons (Fsp3) is 0.308. The zero-order valence-corrected chi connectivity index (χ0v) is 10.8. The number of hydrogen-bond donors (Lipinski definition) is 2. The molecule has 1 heterocycles. The van der Waals surface area contributed by atoms with E-state index in [-0.39, 0.29) is 0 Å². The molecule has 0 radical (unpaired) electrons. The van der Waals surface area contributed by atoms with Crippen molar-refractivity contribution in [2.24, 2.45) is 0 Å². The minimum Gasteiger partial charge on any atom is -0.487 e. The van der Waals surface area contributed by atoms with Crippen LogP contribution in [-0.4, -0.2) is 9.97 Å². The van der Waals surface area contributed by atoms with Crippen molar-refractivity contribution in [3.63, 3.8) is 0 Å². The van der Waals surface area contributed by atoms with Crippen molar-refractivity contribution in [1.29, 1.82) is 0 Å². The highest BCUT2D eigenvalue weighted by atomic mass is 32.1. The summed E-state index contributed by atoms with van der Waals surface area (Å²) in [5.41, 5.74) is 2.27. The number of aromatic amines is 2. The number of aromatic nitrogens is 2. The number of nitrogens with one attached hydrogen (secondary N) is 2. The summed E-state index contributed by atoms with van der Waals surface area (Å²) in [7, 11) is 0. The predicted molar refractivity (Wildman–Crippen MR) is 70.8 cm³/mol. The Labute approximate surface area is 106 Å². The molecule has 0 unspecified atom stereocenters. The van der Waals surface area contributed by atoms with E-state index in [4.69, 9.17) is 17.0 Å². The van der Waals surface area contributed by atoms with Gasteiger partial charge in [-0.25, -0.2) is 0 Å². The molecule has 2 aromatic rings. The summed E-state index contributed by atoms with van der Waals surface area (Å²) in [6.07, 6.45) is 1.82. The monoisotopic (exact) mass is 248 g/mol. The molecule has 0 aliphatic carbocycles. The van der Waals surface area contributed by atoms with Gasteiger partial charge in [-0.2, -0.15) is 0 Å². The average molecular weight is 248 g/mol. The van der Waals surface area contributed by atoms with Crippen LogP contribution >= 0.6 is 12.2 Å². The molecule has 1 aromatic carbocycles. The Balaban J connectivity index is 1.97. The molecule has 2 N–H and O–H groups in total. The van der Waals surface area contributed by atoms with Gasteiger partial charge >= 0.3 is 0 Å². The van der Waals surface area contributed by atoms with Crippen LogP contribution in [0, 0.1) is 4.77 Å². The van der Waals surface area contributed by atoms with E-state index in [2.05, 4.69) is 35.9 Å². The van der Waals surface area contributed by atoms with Crippen LogP contribution in [0.1, 0.15) is 31.0 Å². The normalized spacial score (nSPS) is 10.8. The van der Waals surface area contributed by atoms with Crippen LogP contribution in [0.15, 0.2) is 30.5 Å². The van der Waals surface area contributed by atoms with Gasteiger partial charge < -0.3 is 14.7 Å². The molecule has 2 rings (SSSR count). The molecule has 0 fully saturated rings. The van der Waals surface area contributed by atoms with Crippen LogP contribution in [0.5, 0.6) is 5.75 Å². The number of ether oxygens (including phenoxy) is 1. The predicted octanol–water partition coefficient (Wildman–Crippen LogP) is 3.77. The smallest absolute Gasteiger partial charge is 0.174 e. The van der Waals surface area contributed by atoms with Crippen LogP contribution < -0.4 is 4.74 Å². The van der Waals surface area contributed by atoms with Crippen LogP contribution in [0.25, 0.3) is 0 Å². The summed E-state index contributed by atoms with van der Waals surface area (Å²) in [5.74, 6) is 1.42. The summed E-state index contributed by atoms with van der Waals surface area (Å²) in [6, 6.07) is 8.19. The van der Waals surface area contributed by atoms with Gasteiger partial charge in [-0.05, 0) is 35.8 Å². The van der Waals surface area contributed by atoms with E-state index in [1.165, 1.54) is 5.56 Å². The zero-order chi connectivity index (χ0) is 12.3. The Morgan fingerprint density at radius 3 is 2.47 bits per heavy atom. The van der Waals surface area contributed by atoms with E-state index in [0.29, 0.717) is 17.3 Å². The fourth-order valence-corrected chi connectivity index (χ4v) is 1.75. The van der Waals surface area contributed by atoms with Gasteiger partial charge in [-0.3, -0.25) is 0 Å². The van der Waals surface area contributed by atoms with Crippen LogP contribution in [0.4, 0.5) is 0 Å². The average Bonchev–Trinajstić information content (AvgIpc) is 2.73. The molecule has 1 aromatic heterocycles. The lowest BCUT2D eigenvalue weighted by Gasteiger charge is -2.08. The Morgan fingerprint density at radius 2 is 1.94 bits per heavy atom. The molecule has 0 spiro atoms. The lowest BCUT2D eigenvalue weighted by molar-refractivity contribution is 0.302. The Kier molecular flexibility index (Phi) is 3.64. The minimum atomic E-state index is 0.494. The Morgan fingerprint density at radius 1 is 1.24 bits per heavy atom. The summed E-state index contributed by atoms with van der Waals surface area (Å²) in [6.45, 7) is 4.85. The van der Waals surface area contributed by atoms with E-state index in [9.17, 15) is 0 Å². The first-order valence-electron chi connectivity index (χ1n) is 5.64. The third-order valence-electron chi connectivity index (χ3n) is 2.59. The largest absolute Gasteiger partial charge is 0.487 e. The van der Waals surface area contributed by atoms with E-state index in [1.54, 1.807) is 0 Å². The van der Waals surface area contributed by atoms with Gasteiger partial charge in [0.25, 0.3) is 0 Å². The third kappa shape index (κ3) is 3.20. The van der Waals surface area contributed by atoms with Gasteiger partial charge in [0.1, 0.15) is 12.4 Å². The molecule has 4 heteroatoms. The van der Waals surface area contributed by atoms with Crippen molar-refractivity contribution in [1.82, 2.24) is 9.97 Å². The van der Waals surface area contributed by atoms with Crippen molar-refractivity contribution < 1.29 is 4.74 Å². The highest BCUT2D eigenvalue weighted by Crippen LogP contribution is 2.19. The number of H-pyrrole nitrogens is 2. The maximum Gasteiger partial charge on any atom is 0.174 e. The van der Waals surface area contributed by atoms with Gasteiger partial charge in [-0.1, -0.05) is 26.0 Å². The van der Waals surface area contributed by atoms with Crippen LogP contribution in [0.3, 0.4) is 0 Å². The third-order valence-corrected chi connectivity index (χ3v) is 2.81. The first-order valence-corrected chi connectivity index (χ1v) is 6.05. The number of imidazole rings is 1. The summed E-state index contributed by atoms with van der Waals surface area (Å²) in [4.78, 5) is 5.92. The fourth-order valence-electron chi connectivity index (χ4n) is 1.56. The zero-order valence-electron chi connectivity index (χ0n) is 9.99. The van der Waals surface area contributed by atoms with E-state index in [0.717, 1.165) is 11.4 Å². The maximum absolute atomic E-state index is 5.64. The second-order valence-corrected chi connectivity index (χ2v) is 4.69. The standard InChI is InChI=1S/C13H16N2OS/c1-9(2)10-3-5-12(6-4-10)16-8-11-7-14-13(17)15-11/h3-7,9H,8H2,1-2H3,(H2,14,15,17). The second-order valence-electron chi connectivity index (χ2n) is 4.28. The lowest BCUT2D eigenvalue weighted by Crippen LogP contribution is -1.96. The first kappa shape index (κ1) is 11.9. The highest BCUT2D eigenvalue weighted by Gasteiger charge is 2.00. The Bertz CT molecular complexity index is 525. The summed E-state index contributed by atoms with van der Waals surface area (Å²) < 4.78 is 6.27. The molecular formula is C13H16N2OS. The Hall–Kier alpha value is -1.55. The van der Waals surface area contributed by atoms with Gasteiger partial charge in [0, 0.05) is 6.20 Å². The number of benzene rings is 1. The highest BCUT2D eigenvalue weighted by molar-refractivity contribution is 7.71. The van der Waals surface area contributed by atoms with Crippen molar-refractivity contribution in [3.05, 3.63) is 46.5 Å². The second kappa shape index (κ2) is 5.19. The lowest BCUT2D eigenvalue weighted by atomic mass is 10.0. The van der Waals surface area contributed by atoms with Crippen LogP contribution in [-0.2, 0) is 6.61 Å². The van der Waals surface area contributed by atoms with Crippen molar-refractivity contribution in [3.8, 4) is 5.75 Å². The van der Waals surface area contributed by atoms with Gasteiger partial charge in [0.2, 0.25) is 0 Å². The molecule has 0 amide bonds. The van der Waals surface area contributed by atoms with Crippen molar-refractivity contribution in [2.45, 2.75) is 26.4 Å². The number of rotatable bonds is 4. The molecule has 0 saturated carbocycles. The molecule has 0 saturated heterocycles. The minimum absolute atomic E-state index is 0.494. The molecule has 0 aliphatic rings. The summed E-state index contributed by atoms with van der Waals surface area (Å²) >= 11 is 4.94. The molecule has 3 nitrogen and oxygen atoms in total. The molecule has 17 heavy (non-hydrogen) atoms. The molecule has 0 aliphatic heterocycles. The quantitative estimate of drug-likeness (QED) is 0.808. The van der Waals surface area contributed by atoms with Crippen molar-refractivity contribution in [2.75, 3.05) is 0 Å². The molecule has 0 bridgehead atoms. The van der Waals surface area contributed by atoms with Crippen LogP contribution in [0.2, 0.25) is 0 Å². The van der Waals surface area contributed by atoms with Gasteiger partial charge in [0.05, 0.1) is 5.69 Å². The molecule has 90 valence electrons. The van der Waals surface area contributed by atoms with E-state index >= 15 is 0 Å². The topological polar surface area (TPSA) is 40.8 Å². The molecule has 0 atom stereocenters. The maximum atomic E-state index is 5.64. The first-order chi connectivity index (χ1) is 8.15. The van der Waals surface area contributed by atoms with Crippen molar-refractivity contribution >= 4 is 12.2 Å². The SMILES string of the molecule is CC(C)c1ccc(OCc2c[nH]c(=S)[nH]2)cc1. The van der Waals surface area contributed by atoms with Gasteiger partial charge in [-0.15, -0.1) is 0 Å². The summed E-state index contributed by atoms with van der Waals surface area (Å²) in [5, 5.41) is 0. The van der Waals surface area contributed by atoms with E-state index in [1.807, 2.05) is 18.3 Å². The number of hydrogen-bond acceptors (Lipinski definition) is 2.